The molecule has 0 spiro atoms. The Bertz CT molecular complexity index is 1890. The van der Waals surface area contributed by atoms with Crippen LogP contribution in [0.25, 0.3) is 0 Å². The minimum atomic E-state index is -0.969. The van der Waals surface area contributed by atoms with E-state index < -0.39 is 64.3 Å². The van der Waals surface area contributed by atoms with E-state index in [2.05, 4.69) is 57.2 Å². The van der Waals surface area contributed by atoms with E-state index >= 15 is 0 Å². The molecule has 0 aliphatic rings. The van der Waals surface area contributed by atoms with Gasteiger partial charge in [-0.3, -0.25) is 9.59 Å². The van der Waals surface area contributed by atoms with Gasteiger partial charge in [0.25, 0.3) is 0 Å². The predicted octanol–water partition coefficient (Wildman–Crippen LogP) is 17.8. The fraction of sp³-hybridized carbons (Fsp3) is 0.662. The SMILES string of the molecule is CCCCCCCCC=CCCCCCCCC(=O)OC(=O)c1cc(O)c(O)c(O)c1.CCCCCCCCC=CCCCCCCCC(=O)OC(=O)c1cc(O)c(O)c(O)c1.CCCCCCCCC=CCCCCCCCC(=O)[O-]. The summed E-state index contributed by atoms with van der Waals surface area (Å²) in [5, 5.41) is 66.4. The summed E-state index contributed by atoms with van der Waals surface area (Å²) < 4.78 is 9.43. The van der Waals surface area contributed by atoms with Crippen molar-refractivity contribution in [1.82, 2.24) is 0 Å². The van der Waals surface area contributed by atoms with E-state index in [1.807, 2.05) is 0 Å². The van der Waals surface area contributed by atoms with Gasteiger partial charge in [0.2, 0.25) is 0 Å². The first kappa shape index (κ1) is 76.2. The number of ether oxygens (including phenoxy) is 2. The number of hydrogen-bond acceptors (Lipinski definition) is 14. The number of phenols is 6. The van der Waals surface area contributed by atoms with Crippen molar-refractivity contribution in [3.8, 4) is 34.5 Å². The van der Waals surface area contributed by atoms with Crippen LogP contribution >= 0.6 is 0 Å². The lowest BCUT2D eigenvalue weighted by atomic mass is 10.1. The number of esters is 4. The van der Waals surface area contributed by atoms with Crippen molar-refractivity contribution in [2.45, 2.75) is 290 Å². The molecule has 0 atom stereocenters. The number of allylic oxidation sites excluding steroid dienone is 6. The van der Waals surface area contributed by atoms with Crippen molar-refractivity contribution in [2.75, 3.05) is 0 Å². The maximum absolute atomic E-state index is 11.9. The molecule has 0 bridgehead atoms. The van der Waals surface area contributed by atoms with Gasteiger partial charge in [0.05, 0.1) is 11.1 Å². The van der Waals surface area contributed by atoms with Crippen LogP contribution in [0.4, 0.5) is 0 Å². The Balaban J connectivity index is 0.00000123. The van der Waals surface area contributed by atoms with Crippen LogP contribution in [0.1, 0.15) is 311 Å². The minimum Gasteiger partial charge on any atom is -0.550 e. The highest BCUT2D eigenvalue weighted by atomic mass is 16.6. The monoisotopic (exact) mass is 1150 g/mol. The summed E-state index contributed by atoms with van der Waals surface area (Å²) in [6.07, 6.45) is 60.5. The van der Waals surface area contributed by atoms with Crippen LogP contribution in [0.2, 0.25) is 0 Å². The summed E-state index contributed by atoms with van der Waals surface area (Å²) in [6, 6.07) is 3.75. The van der Waals surface area contributed by atoms with Crippen molar-refractivity contribution in [3.63, 3.8) is 0 Å². The fourth-order valence-electron chi connectivity index (χ4n) is 8.89. The first-order valence-corrected chi connectivity index (χ1v) is 31.8. The summed E-state index contributed by atoms with van der Waals surface area (Å²) in [6.45, 7) is 6.73. The third-order valence-corrected chi connectivity index (χ3v) is 14.0. The Morgan fingerprint density at radius 2 is 0.537 bits per heavy atom. The number of carboxylic acids is 1. The molecule has 6 N–H and O–H groups in total. The minimum absolute atomic E-state index is 0.139. The van der Waals surface area contributed by atoms with Gasteiger partial charge < -0.3 is 50.0 Å². The molecule has 0 radical (unpaired) electrons. The van der Waals surface area contributed by atoms with Gasteiger partial charge in [-0.2, -0.15) is 0 Å². The lowest BCUT2D eigenvalue weighted by Gasteiger charge is -2.06. The molecule has 466 valence electrons. The fourth-order valence-corrected chi connectivity index (χ4v) is 8.89. The first-order valence-electron chi connectivity index (χ1n) is 31.8. The van der Waals surface area contributed by atoms with Crippen LogP contribution in [0, 0.1) is 0 Å². The van der Waals surface area contributed by atoms with Crippen molar-refractivity contribution < 1.29 is 69.2 Å². The summed E-state index contributed by atoms with van der Waals surface area (Å²) in [4.78, 5) is 57.5. The van der Waals surface area contributed by atoms with E-state index in [0.717, 1.165) is 108 Å². The number of aromatic hydroxyl groups is 6. The highest BCUT2D eigenvalue weighted by Gasteiger charge is 2.19. The molecule has 0 saturated carbocycles. The molecule has 0 amide bonds. The molecule has 14 nitrogen and oxygen atoms in total. The third kappa shape index (κ3) is 45.8. The van der Waals surface area contributed by atoms with Crippen molar-refractivity contribution in [2.24, 2.45) is 0 Å². The van der Waals surface area contributed by atoms with Crippen LogP contribution in [-0.2, 0) is 23.9 Å². The largest absolute Gasteiger partial charge is 0.550 e. The number of rotatable bonds is 47. The van der Waals surface area contributed by atoms with Crippen LogP contribution in [0.3, 0.4) is 0 Å². The van der Waals surface area contributed by atoms with Gasteiger partial charge in [-0.15, -0.1) is 0 Å². The van der Waals surface area contributed by atoms with Crippen molar-refractivity contribution in [3.05, 3.63) is 71.8 Å². The molecule has 0 fully saturated rings. The molecule has 14 heteroatoms. The van der Waals surface area contributed by atoms with E-state index in [-0.39, 0.29) is 30.4 Å². The van der Waals surface area contributed by atoms with Crippen LogP contribution < -0.4 is 5.11 Å². The second-order valence-corrected chi connectivity index (χ2v) is 21.6. The van der Waals surface area contributed by atoms with Gasteiger partial charge in [-0.25, -0.2) is 9.59 Å². The zero-order valence-corrected chi connectivity index (χ0v) is 50.9. The predicted molar refractivity (Wildman–Crippen MR) is 327 cm³/mol. The molecule has 2 aromatic rings. The number of carboxylic acid groups (broad SMARTS) is 1. The topological polar surface area (TPSA) is 248 Å². The zero-order valence-electron chi connectivity index (χ0n) is 50.9. The summed E-state index contributed by atoms with van der Waals surface area (Å²) in [5.74, 6) is -8.22. The lowest BCUT2D eigenvalue weighted by Crippen LogP contribution is -2.21. The van der Waals surface area contributed by atoms with E-state index in [1.54, 1.807) is 0 Å². The Kier molecular flexibility index (Phi) is 50.6. The highest BCUT2D eigenvalue weighted by Crippen LogP contribution is 2.36. The second kappa shape index (κ2) is 54.5. The van der Waals surface area contributed by atoms with Crippen molar-refractivity contribution >= 4 is 29.8 Å². The molecule has 0 aliphatic carbocycles. The number of carbonyl (C=O) groups excluding carboxylic acids is 5. The smallest absolute Gasteiger partial charge is 0.346 e. The van der Waals surface area contributed by atoms with Gasteiger partial charge in [0.15, 0.2) is 34.5 Å². The first-order chi connectivity index (χ1) is 39.7. The molecular formula is C68H109O14-. The van der Waals surface area contributed by atoms with Gasteiger partial charge in [-0.05, 0) is 127 Å². The zero-order chi connectivity index (χ0) is 60.7. The summed E-state index contributed by atoms with van der Waals surface area (Å²) in [5.41, 5.74) is -0.406. The van der Waals surface area contributed by atoms with E-state index in [9.17, 15) is 59.7 Å². The van der Waals surface area contributed by atoms with Crippen molar-refractivity contribution in [1.29, 1.82) is 0 Å². The normalized spacial score (nSPS) is 11.2. The van der Waals surface area contributed by atoms with E-state index in [0.29, 0.717) is 12.8 Å². The van der Waals surface area contributed by atoms with Gasteiger partial charge in [0.1, 0.15) is 0 Å². The number of benzene rings is 2. The number of phenolic OH excluding ortho intramolecular Hbond substituents is 6. The van der Waals surface area contributed by atoms with Crippen LogP contribution in [0.15, 0.2) is 60.7 Å². The average molecular weight is 1150 g/mol. The molecule has 2 aromatic carbocycles. The number of unbranched alkanes of at least 4 members (excludes halogenated alkanes) is 33. The summed E-state index contributed by atoms with van der Waals surface area (Å²) >= 11 is 0. The highest BCUT2D eigenvalue weighted by molar-refractivity contribution is 5.98. The third-order valence-electron chi connectivity index (χ3n) is 14.0. The summed E-state index contributed by atoms with van der Waals surface area (Å²) in [7, 11) is 0. The van der Waals surface area contributed by atoms with Crippen LogP contribution in [0.5, 0.6) is 34.5 Å². The molecule has 0 saturated heterocycles. The number of aliphatic carboxylic acids is 1. The quantitative estimate of drug-likeness (QED) is 0.0119. The molecule has 82 heavy (non-hydrogen) atoms. The number of carbonyl (C=O) groups is 5. The molecule has 2 rings (SSSR count). The second-order valence-electron chi connectivity index (χ2n) is 21.6. The molecular weight excluding hydrogens is 1040 g/mol. The van der Waals surface area contributed by atoms with Crippen LogP contribution in [-0.4, -0.2) is 60.5 Å². The maximum Gasteiger partial charge on any atom is 0.346 e. The molecule has 0 aromatic heterocycles. The maximum atomic E-state index is 11.9. The Morgan fingerprint density at radius 1 is 0.329 bits per heavy atom. The standard InChI is InChI=1S/2C25H38O6.C18H34O2/c2*1-2-3-4-5-6-7-8-9-10-11-12-13-14-15-16-17-23(28)31-25(30)20-18-21(26)24(29)22(27)19-20;1-2-3-4-5-6-7-8-9-10-11-12-13-14-15-16-17-18(19)20/h2*9-10,18-19,26-27,29H,2-8,11-17H2,1H3;9-10H,2-8,11-17H2,1H3,(H,19,20)/p-1. The average Bonchev–Trinajstić information content (AvgIpc) is 3.44. The molecule has 0 heterocycles. The van der Waals surface area contributed by atoms with E-state index in [1.165, 1.54) is 154 Å². The van der Waals surface area contributed by atoms with Gasteiger partial charge >= 0.3 is 23.9 Å². The Hall–Kier alpha value is -5.79. The Labute approximate surface area is 493 Å². The molecule has 0 aliphatic heterocycles. The Morgan fingerprint density at radius 3 is 0.768 bits per heavy atom. The van der Waals surface area contributed by atoms with Gasteiger partial charge in [-0.1, -0.05) is 211 Å². The molecule has 0 unspecified atom stereocenters. The number of hydrogen-bond donors (Lipinski definition) is 6. The van der Waals surface area contributed by atoms with E-state index in [4.69, 9.17) is 9.47 Å². The lowest BCUT2D eigenvalue weighted by molar-refractivity contribution is -0.305. The van der Waals surface area contributed by atoms with Gasteiger partial charge in [0, 0.05) is 18.8 Å².